The van der Waals surface area contributed by atoms with Gasteiger partial charge in [-0.3, -0.25) is 0 Å². The van der Waals surface area contributed by atoms with Crippen LogP contribution in [0.1, 0.15) is 41.5 Å². The van der Waals surface area contributed by atoms with Gasteiger partial charge in [0.25, 0.3) is 0 Å². The van der Waals surface area contributed by atoms with Crippen molar-refractivity contribution >= 4 is 18.5 Å². The summed E-state index contributed by atoms with van der Waals surface area (Å²) in [5.74, 6) is 0. The number of hydrogen-bond donors (Lipinski definition) is 1. The molecule has 0 aliphatic carbocycles. The third-order valence-electron chi connectivity index (χ3n) is 3.41. The number of aliphatic hydroxyl groups is 1. The van der Waals surface area contributed by atoms with Gasteiger partial charge >= 0.3 is 7.48 Å². The molecular formula is C15H24BN2O2. The average Bonchev–Trinajstić information content (AvgIpc) is 2.81. The van der Waals surface area contributed by atoms with E-state index in [-0.39, 0.29) is 0 Å². The maximum absolute atomic E-state index is 10.0. The van der Waals surface area contributed by atoms with Crippen molar-refractivity contribution in [2.75, 3.05) is 0 Å². The van der Waals surface area contributed by atoms with Gasteiger partial charge in [0.15, 0.2) is 0 Å². The Morgan fingerprint density at radius 1 is 1.20 bits per heavy atom. The van der Waals surface area contributed by atoms with Crippen LogP contribution in [0.15, 0.2) is 30.6 Å². The van der Waals surface area contributed by atoms with Crippen LogP contribution in [0.4, 0.5) is 0 Å². The first kappa shape index (κ1) is 16.7. The zero-order valence-electron chi connectivity index (χ0n) is 13.2. The van der Waals surface area contributed by atoms with Crippen molar-refractivity contribution in [2.45, 2.75) is 52.7 Å². The predicted molar refractivity (Wildman–Crippen MR) is 83.4 cm³/mol. The van der Waals surface area contributed by atoms with Gasteiger partial charge in [0, 0.05) is 12.4 Å². The summed E-state index contributed by atoms with van der Waals surface area (Å²) in [5, 5.41) is 14.2. The van der Waals surface area contributed by atoms with Crippen LogP contribution in [-0.4, -0.2) is 33.4 Å². The van der Waals surface area contributed by atoms with Crippen molar-refractivity contribution < 1.29 is 9.76 Å². The first-order valence-electron chi connectivity index (χ1n) is 6.97. The van der Waals surface area contributed by atoms with Crippen LogP contribution in [0.3, 0.4) is 0 Å². The molecule has 0 aliphatic rings. The molecule has 0 spiro atoms. The Hall–Kier alpha value is -1.33. The molecule has 0 saturated heterocycles. The minimum Gasteiger partial charge on any atom is -0.426 e. The standard InChI is InChI=1S/C13H18BN2O2.C2H6/c1-12(2,17)13(3,4)18-14-10-9-15-16-8-6-5-7-11(10)16;1-2/h5-9,17H,1-4H3;1-2H3. The Labute approximate surface area is 122 Å². The molecule has 2 aromatic heterocycles. The molecule has 0 fully saturated rings. The lowest BCUT2D eigenvalue weighted by atomic mass is 9.83. The van der Waals surface area contributed by atoms with Gasteiger partial charge < -0.3 is 9.76 Å². The molecule has 0 atom stereocenters. The highest BCUT2D eigenvalue weighted by molar-refractivity contribution is 6.50. The molecule has 0 saturated carbocycles. The zero-order chi connectivity index (χ0) is 15.4. The highest BCUT2D eigenvalue weighted by atomic mass is 16.5. The molecule has 0 amide bonds. The normalized spacial score (nSPS) is 11.9. The lowest BCUT2D eigenvalue weighted by molar-refractivity contribution is -0.0893. The first-order valence-corrected chi connectivity index (χ1v) is 6.97. The van der Waals surface area contributed by atoms with Crippen molar-refractivity contribution in [3.8, 4) is 0 Å². The minimum atomic E-state index is -0.924. The molecule has 4 nitrogen and oxygen atoms in total. The number of aromatic nitrogens is 2. The van der Waals surface area contributed by atoms with Gasteiger partial charge in [-0.15, -0.1) is 0 Å². The summed E-state index contributed by atoms with van der Waals surface area (Å²) in [6, 6.07) is 5.85. The van der Waals surface area contributed by atoms with Crippen molar-refractivity contribution in [3.63, 3.8) is 0 Å². The fraction of sp³-hybridized carbons (Fsp3) is 0.533. The van der Waals surface area contributed by atoms with E-state index in [1.54, 1.807) is 32.0 Å². The molecule has 109 valence electrons. The second-order valence-electron chi connectivity index (χ2n) is 5.44. The Bertz CT molecular complexity index is 544. The van der Waals surface area contributed by atoms with Gasteiger partial charge in [-0.2, -0.15) is 5.10 Å². The largest absolute Gasteiger partial charge is 0.426 e. The molecule has 1 N–H and O–H groups in total. The molecule has 0 aromatic carbocycles. The fourth-order valence-corrected chi connectivity index (χ4v) is 1.40. The molecule has 0 aliphatic heterocycles. The molecule has 2 heterocycles. The van der Waals surface area contributed by atoms with E-state index in [0.29, 0.717) is 0 Å². The fourth-order valence-electron chi connectivity index (χ4n) is 1.40. The van der Waals surface area contributed by atoms with Gasteiger partial charge in [-0.1, -0.05) is 19.9 Å². The number of fused-ring (bicyclic) bond motifs is 1. The van der Waals surface area contributed by atoms with Crippen molar-refractivity contribution in [3.05, 3.63) is 30.6 Å². The number of hydrogen-bond acceptors (Lipinski definition) is 3. The monoisotopic (exact) mass is 275 g/mol. The molecular weight excluding hydrogens is 251 g/mol. The van der Waals surface area contributed by atoms with E-state index in [4.69, 9.17) is 4.65 Å². The smallest absolute Gasteiger partial charge is 0.334 e. The lowest BCUT2D eigenvalue weighted by Crippen LogP contribution is -2.49. The molecule has 0 unspecified atom stereocenters. The number of pyridine rings is 1. The Kier molecular flexibility index (Phi) is 5.37. The van der Waals surface area contributed by atoms with E-state index in [1.165, 1.54) is 0 Å². The van der Waals surface area contributed by atoms with Gasteiger partial charge in [0.2, 0.25) is 0 Å². The molecule has 0 bridgehead atoms. The number of nitrogens with zero attached hydrogens (tertiary/aromatic N) is 2. The third kappa shape index (κ3) is 3.61. The van der Waals surface area contributed by atoms with Crippen LogP contribution in [-0.2, 0) is 4.65 Å². The summed E-state index contributed by atoms with van der Waals surface area (Å²) in [5.41, 5.74) is 0.277. The van der Waals surface area contributed by atoms with Crippen LogP contribution in [0.2, 0.25) is 0 Å². The van der Waals surface area contributed by atoms with E-state index in [0.717, 1.165) is 11.0 Å². The van der Waals surface area contributed by atoms with Crippen molar-refractivity contribution in [1.82, 2.24) is 9.61 Å². The summed E-state index contributed by atoms with van der Waals surface area (Å²) in [6.45, 7) is 11.2. The Morgan fingerprint density at radius 3 is 2.45 bits per heavy atom. The van der Waals surface area contributed by atoms with Crippen LogP contribution in [0.25, 0.3) is 5.52 Å². The predicted octanol–water partition coefficient (Wildman–Crippen LogP) is 2.17. The second kappa shape index (κ2) is 6.42. The van der Waals surface area contributed by atoms with Crippen molar-refractivity contribution in [2.24, 2.45) is 0 Å². The van der Waals surface area contributed by atoms with Gasteiger partial charge in [-0.25, -0.2) is 4.52 Å². The average molecular weight is 275 g/mol. The van der Waals surface area contributed by atoms with E-state index < -0.39 is 11.2 Å². The van der Waals surface area contributed by atoms with Crippen LogP contribution in [0.5, 0.6) is 0 Å². The minimum absolute atomic E-state index is 0.671. The van der Waals surface area contributed by atoms with Crippen LogP contribution < -0.4 is 5.46 Å². The third-order valence-corrected chi connectivity index (χ3v) is 3.41. The maximum Gasteiger partial charge on any atom is 0.334 e. The topological polar surface area (TPSA) is 46.8 Å². The van der Waals surface area contributed by atoms with Crippen molar-refractivity contribution in [1.29, 1.82) is 0 Å². The molecule has 20 heavy (non-hydrogen) atoms. The second-order valence-corrected chi connectivity index (χ2v) is 5.44. The zero-order valence-corrected chi connectivity index (χ0v) is 13.2. The van der Waals surface area contributed by atoms with E-state index in [9.17, 15) is 5.11 Å². The maximum atomic E-state index is 10.0. The van der Waals surface area contributed by atoms with E-state index in [1.807, 2.05) is 52.1 Å². The Morgan fingerprint density at radius 2 is 1.85 bits per heavy atom. The van der Waals surface area contributed by atoms with Gasteiger partial charge in [0.1, 0.15) is 0 Å². The van der Waals surface area contributed by atoms with Crippen LogP contribution >= 0.6 is 0 Å². The number of rotatable bonds is 4. The molecule has 2 rings (SSSR count). The quantitative estimate of drug-likeness (QED) is 0.870. The summed E-state index contributed by atoms with van der Waals surface area (Å²) >= 11 is 0. The van der Waals surface area contributed by atoms with Gasteiger partial charge in [0.05, 0.1) is 16.7 Å². The summed E-state index contributed by atoms with van der Waals surface area (Å²) in [6.07, 6.45) is 3.63. The van der Waals surface area contributed by atoms with Gasteiger partial charge in [-0.05, 0) is 45.3 Å². The molecule has 2 aromatic rings. The lowest BCUT2D eigenvalue weighted by Gasteiger charge is -2.37. The van der Waals surface area contributed by atoms with E-state index >= 15 is 0 Å². The Balaban J connectivity index is 0.000000956. The molecule has 1 radical (unpaired) electrons. The summed E-state index contributed by atoms with van der Waals surface area (Å²) in [7, 11) is 1.65. The van der Waals surface area contributed by atoms with Crippen LogP contribution in [0, 0.1) is 0 Å². The first-order chi connectivity index (χ1) is 9.31. The highest BCUT2D eigenvalue weighted by Gasteiger charge is 2.35. The van der Waals surface area contributed by atoms with E-state index in [2.05, 4.69) is 5.10 Å². The summed E-state index contributed by atoms with van der Waals surface area (Å²) < 4.78 is 7.50. The summed E-state index contributed by atoms with van der Waals surface area (Å²) in [4.78, 5) is 0. The highest BCUT2D eigenvalue weighted by Crippen LogP contribution is 2.24. The molecule has 5 heteroatoms. The SMILES string of the molecule is CC.CC(C)(O)C(C)(C)O[B]c1cnn2ccccc12.